The molecule has 1 unspecified atom stereocenters. The van der Waals surface area contributed by atoms with Crippen LogP contribution < -0.4 is 5.32 Å². The maximum absolute atomic E-state index is 11.6. The van der Waals surface area contributed by atoms with E-state index < -0.39 is 0 Å². The van der Waals surface area contributed by atoms with Gasteiger partial charge in [0.2, 0.25) is 5.91 Å². The summed E-state index contributed by atoms with van der Waals surface area (Å²) in [4.78, 5) is 11.6. The van der Waals surface area contributed by atoms with Crippen LogP contribution in [0.4, 0.5) is 0 Å². The van der Waals surface area contributed by atoms with Crippen LogP contribution in [-0.4, -0.2) is 23.7 Å². The monoisotopic (exact) mass is 301 g/mol. The molecule has 19 heavy (non-hydrogen) atoms. The third-order valence-corrected chi connectivity index (χ3v) is 3.14. The largest absolute Gasteiger partial charge is 0.396 e. The Morgan fingerprint density at radius 2 is 2.21 bits per heavy atom. The lowest BCUT2D eigenvalue weighted by molar-refractivity contribution is -0.117. The summed E-state index contributed by atoms with van der Waals surface area (Å²) >= 11 is 11.8. The lowest BCUT2D eigenvalue weighted by Crippen LogP contribution is -2.31. The number of nitrogens with one attached hydrogen (secondary N) is 1. The van der Waals surface area contributed by atoms with Crippen molar-refractivity contribution in [2.75, 3.05) is 6.61 Å². The quantitative estimate of drug-likeness (QED) is 0.792. The number of rotatable bonds is 6. The Hall–Kier alpha value is -1.03. The van der Waals surface area contributed by atoms with Crippen molar-refractivity contribution in [1.29, 1.82) is 0 Å². The highest BCUT2D eigenvalue weighted by Crippen LogP contribution is 2.21. The third kappa shape index (κ3) is 6.10. The van der Waals surface area contributed by atoms with E-state index >= 15 is 0 Å². The maximum Gasteiger partial charge on any atom is 0.244 e. The second kappa shape index (κ2) is 8.20. The lowest BCUT2D eigenvalue weighted by atomic mass is 10.2. The Balaban J connectivity index is 2.56. The van der Waals surface area contributed by atoms with Gasteiger partial charge < -0.3 is 10.4 Å². The Bertz CT molecular complexity index is 461. The molecular weight excluding hydrogens is 285 g/mol. The molecule has 0 aliphatic rings. The van der Waals surface area contributed by atoms with Crippen molar-refractivity contribution in [3.05, 3.63) is 39.9 Å². The molecule has 5 heteroatoms. The zero-order valence-electron chi connectivity index (χ0n) is 10.7. The Labute approximate surface area is 123 Å². The molecule has 0 aliphatic carbocycles. The van der Waals surface area contributed by atoms with Crippen molar-refractivity contribution in [3.8, 4) is 0 Å². The predicted octanol–water partition coefficient (Wildman–Crippen LogP) is 3.28. The van der Waals surface area contributed by atoms with E-state index in [1.165, 1.54) is 6.08 Å². The minimum absolute atomic E-state index is 0.0270. The molecule has 0 radical (unpaired) electrons. The first-order chi connectivity index (χ1) is 9.02. The van der Waals surface area contributed by atoms with Crippen LogP contribution in [-0.2, 0) is 4.79 Å². The van der Waals surface area contributed by atoms with Crippen molar-refractivity contribution in [1.82, 2.24) is 5.32 Å². The number of hydrogen-bond acceptors (Lipinski definition) is 2. The highest BCUT2D eigenvalue weighted by Gasteiger charge is 2.04. The van der Waals surface area contributed by atoms with E-state index in [1.807, 2.05) is 6.92 Å². The van der Waals surface area contributed by atoms with Crippen molar-refractivity contribution < 1.29 is 9.90 Å². The van der Waals surface area contributed by atoms with E-state index in [4.69, 9.17) is 28.3 Å². The van der Waals surface area contributed by atoms with Crippen LogP contribution in [0.3, 0.4) is 0 Å². The molecule has 0 spiro atoms. The third-order valence-electron chi connectivity index (χ3n) is 2.56. The first kappa shape index (κ1) is 16.0. The molecule has 0 heterocycles. The van der Waals surface area contributed by atoms with Crippen LogP contribution in [0.5, 0.6) is 0 Å². The summed E-state index contributed by atoms with van der Waals surface area (Å²) in [6.45, 7) is 2.03. The van der Waals surface area contributed by atoms with Gasteiger partial charge in [0.05, 0.1) is 0 Å². The van der Waals surface area contributed by atoms with Gasteiger partial charge in [-0.15, -0.1) is 0 Å². The predicted molar refractivity (Wildman–Crippen MR) is 79.4 cm³/mol. The molecule has 1 atom stereocenters. The van der Waals surface area contributed by atoms with E-state index in [0.717, 1.165) is 6.42 Å². The fraction of sp³-hybridized carbons (Fsp3) is 0.357. The van der Waals surface area contributed by atoms with Crippen LogP contribution in [0.1, 0.15) is 25.3 Å². The standard InChI is InChI=1S/C14H17Cl2NO2/c1-10(3-2-8-18)17-14(19)7-4-11-9-12(15)5-6-13(11)16/h4-7,9-10,18H,2-3,8H2,1H3,(H,17,19). The lowest BCUT2D eigenvalue weighted by Gasteiger charge is -2.11. The number of benzene rings is 1. The minimum Gasteiger partial charge on any atom is -0.396 e. The van der Waals surface area contributed by atoms with Crippen molar-refractivity contribution in [2.24, 2.45) is 0 Å². The van der Waals surface area contributed by atoms with Gasteiger partial charge in [0.25, 0.3) is 0 Å². The summed E-state index contributed by atoms with van der Waals surface area (Å²) in [5, 5.41) is 12.6. The van der Waals surface area contributed by atoms with Crippen LogP contribution in [0.2, 0.25) is 10.0 Å². The van der Waals surface area contributed by atoms with Gasteiger partial charge in [-0.2, -0.15) is 0 Å². The average Bonchev–Trinajstić information content (AvgIpc) is 2.37. The highest BCUT2D eigenvalue weighted by atomic mass is 35.5. The number of amides is 1. The normalized spacial score (nSPS) is 12.6. The number of hydrogen-bond donors (Lipinski definition) is 2. The first-order valence-corrected chi connectivity index (χ1v) is 6.83. The molecule has 1 amide bonds. The van der Waals surface area contributed by atoms with Crippen molar-refractivity contribution >= 4 is 35.2 Å². The van der Waals surface area contributed by atoms with Gasteiger partial charge in [0, 0.05) is 28.8 Å². The number of halogens is 2. The summed E-state index contributed by atoms with van der Waals surface area (Å²) in [6, 6.07) is 5.10. The molecule has 0 saturated heterocycles. The fourth-order valence-corrected chi connectivity index (χ4v) is 1.93. The van der Waals surface area contributed by atoms with Gasteiger partial charge in [0.15, 0.2) is 0 Å². The molecule has 1 rings (SSSR count). The molecule has 3 nitrogen and oxygen atoms in total. The summed E-state index contributed by atoms with van der Waals surface area (Å²) in [5.74, 6) is -0.193. The minimum atomic E-state index is -0.193. The first-order valence-electron chi connectivity index (χ1n) is 6.07. The van der Waals surface area contributed by atoms with Crippen LogP contribution in [0.15, 0.2) is 24.3 Å². The molecule has 0 aliphatic heterocycles. The number of aliphatic hydroxyl groups is 1. The van der Waals surface area contributed by atoms with Gasteiger partial charge in [-0.05, 0) is 49.6 Å². The van der Waals surface area contributed by atoms with Gasteiger partial charge in [-0.1, -0.05) is 23.2 Å². The Morgan fingerprint density at radius 1 is 1.47 bits per heavy atom. The van der Waals surface area contributed by atoms with Crippen LogP contribution in [0, 0.1) is 0 Å². The second-order valence-corrected chi connectivity index (χ2v) is 5.12. The molecule has 104 valence electrons. The van der Waals surface area contributed by atoms with E-state index in [0.29, 0.717) is 22.0 Å². The highest BCUT2D eigenvalue weighted by molar-refractivity contribution is 6.34. The number of carbonyl (C=O) groups excluding carboxylic acids is 1. The Morgan fingerprint density at radius 3 is 2.89 bits per heavy atom. The maximum atomic E-state index is 11.6. The van der Waals surface area contributed by atoms with Gasteiger partial charge in [-0.25, -0.2) is 0 Å². The van der Waals surface area contributed by atoms with Gasteiger partial charge in [0.1, 0.15) is 0 Å². The fourth-order valence-electron chi connectivity index (χ4n) is 1.57. The van der Waals surface area contributed by atoms with E-state index in [1.54, 1.807) is 24.3 Å². The average molecular weight is 302 g/mol. The van der Waals surface area contributed by atoms with Gasteiger partial charge in [-0.3, -0.25) is 4.79 Å². The van der Waals surface area contributed by atoms with Crippen LogP contribution in [0.25, 0.3) is 6.08 Å². The molecule has 0 aromatic heterocycles. The van der Waals surface area contributed by atoms with Crippen molar-refractivity contribution in [2.45, 2.75) is 25.8 Å². The molecule has 0 saturated carbocycles. The molecule has 1 aromatic rings. The molecule has 1 aromatic carbocycles. The van der Waals surface area contributed by atoms with Crippen molar-refractivity contribution in [3.63, 3.8) is 0 Å². The summed E-state index contributed by atoms with van der Waals surface area (Å²) in [5.41, 5.74) is 0.701. The zero-order valence-corrected chi connectivity index (χ0v) is 12.2. The molecule has 0 bridgehead atoms. The number of carbonyl (C=O) groups is 1. The van der Waals surface area contributed by atoms with Gasteiger partial charge >= 0.3 is 0 Å². The molecule has 2 N–H and O–H groups in total. The summed E-state index contributed by atoms with van der Waals surface area (Å²) < 4.78 is 0. The smallest absolute Gasteiger partial charge is 0.244 e. The number of aliphatic hydroxyl groups excluding tert-OH is 1. The second-order valence-electron chi connectivity index (χ2n) is 4.27. The summed E-state index contributed by atoms with van der Waals surface area (Å²) in [6.07, 6.45) is 4.47. The molecular formula is C14H17Cl2NO2. The SMILES string of the molecule is CC(CCCO)NC(=O)C=Cc1cc(Cl)ccc1Cl. The zero-order chi connectivity index (χ0) is 14.3. The summed E-state index contributed by atoms with van der Waals surface area (Å²) in [7, 11) is 0. The Kier molecular flexibility index (Phi) is 6.92. The van der Waals surface area contributed by atoms with E-state index in [9.17, 15) is 4.79 Å². The molecule has 0 fully saturated rings. The van der Waals surface area contributed by atoms with Crippen LogP contribution >= 0.6 is 23.2 Å². The topological polar surface area (TPSA) is 49.3 Å². The van der Waals surface area contributed by atoms with E-state index in [-0.39, 0.29) is 18.6 Å². The van der Waals surface area contributed by atoms with E-state index in [2.05, 4.69) is 5.32 Å².